The molecule has 4 N–H and O–H groups in total. The predicted molar refractivity (Wildman–Crippen MR) is 130 cm³/mol. The summed E-state index contributed by atoms with van der Waals surface area (Å²) in [5.41, 5.74) is 5.74. The van der Waals surface area contributed by atoms with Gasteiger partial charge in [0, 0.05) is 20.0 Å². The van der Waals surface area contributed by atoms with Gasteiger partial charge in [-0.05, 0) is 24.3 Å². The van der Waals surface area contributed by atoms with E-state index in [-0.39, 0.29) is 42.2 Å². The van der Waals surface area contributed by atoms with Gasteiger partial charge >= 0.3 is 5.69 Å². The molecular weight excluding hydrogens is 422 g/mol. The average Bonchev–Trinajstić information content (AvgIpc) is 2.75. The minimum absolute atomic E-state index is 0.0222. The molecule has 0 spiro atoms. The molecule has 1 aromatic heterocycles. The highest BCUT2D eigenvalue weighted by atomic mass is 16.2. The van der Waals surface area contributed by atoms with Crippen LogP contribution in [0, 0.1) is 5.92 Å². The molecule has 9 heteroatoms. The molecule has 0 saturated carbocycles. The Morgan fingerprint density at radius 1 is 1.18 bits per heavy atom. The molecule has 2 amide bonds. The van der Waals surface area contributed by atoms with Crippen LogP contribution < -0.4 is 27.2 Å². The van der Waals surface area contributed by atoms with Gasteiger partial charge in [-0.15, -0.1) is 0 Å². The van der Waals surface area contributed by atoms with E-state index < -0.39 is 17.3 Å². The molecule has 0 bridgehead atoms. The number of aromatic nitrogens is 2. The summed E-state index contributed by atoms with van der Waals surface area (Å²) in [6.07, 6.45) is 2.11. The van der Waals surface area contributed by atoms with Crippen molar-refractivity contribution in [2.24, 2.45) is 5.92 Å². The topological polar surface area (TPSA) is 130 Å². The quantitative estimate of drug-likeness (QED) is 0.477. The Morgan fingerprint density at radius 2 is 1.85 bits per heavy atom. The fourth-order valence-electron chi connectivity index (χ4n) is 3.59. The van der Waals surface area contributed by atoms with Crippen LogP contribution in [0.2, 0.25) is 0 Å². The number of hydrogen-bond acceptors (Lipinski definition) is 5. The number of unbranched alkanes of at least 4 members (excludes halogenated alkanes) is 1. The molecule has 0 radical (unpaired) electrons. The maximum atomic E-state index is 13.5. The third-order valence-corrected chi connectivity index (χ3v) is 5.41. The molecule has 0 saturated heterocycles. The Morgan fingerprint density at radius 3 is 2.42 bits per heavy atom. The Hall–Kier alpha value is -3.36. The number of hydrogen-bond donors (Lipinski definition) is 3. The van der Waals surface area contributed by atoms with Crippen molar-refractivity contribution in [2.75, 3.05) is 17.2 Å². The Bertz CT molecular complexity index is 1060. The van der Waals surface area contributed by atoms with Gasteiger partial charge < -0.3 is 16.0 Å². The van der Waals surface area contributed by atoms with Crippen LogP contribution in [0.5, 0.6) is 0 Å². The fraction of sp³-hybridized carbons (Fsp3) is 0.500. The zero-order valence-corrected chi connectivity index (χ0v) is 19.9. The number of amides is 2. The number of aromatic amines is 1. The lowest BCUT2D eigenvalue weighted by Crippen LogP contribution is -2.43. The van der Waals surface area contributed by atoms with Gasteiger partial charge in [0.25, 0.3) is 5.56 Å². The summed E-state index contributed by atoms with van der Waals surface area (Å²) in [6, 6.07) is 8.61. The summed E-state index contributed by atoms with van der Waals surface area (Å²) < 4.78 is 1.30. The smallest absolute Gasteiger partial charge is 0.330 e. The molecule has 0 fully saturated rings. The molecule has 33 heavy (non-hydrogen) atoms. The summed E-state index contributed by atoms with van der Waals surface area (Å²) in [5, 5.41) is 2.82. The second-order valence-electron chi connectivity index (χ2n) is 8.59. The van der Waals surface area contributed by atoms with Crippen molar-refractivity contribution in [1.29, 1.82) is 0 Å². The van der Waals surface area contributed by atoms with Crippen LogP contribution in [0.1, 0.15) is 65.0 Å². The van der Waals surface area contributed by atoms with Gasteiger partial charge in [-0.3, -0.25) is 23.9 Å². The van der Waals surface area contributed by atoms with Gasteiger partial charge in [-0.2, -0.15) is 0 Å². The van der Waals surface area contributed by atoms with Crippen molar-refractivity contribution in [2.45, 2.75) is 66.0 Å². The minimum atomic E-state index is -0.696. The van der Waals surface area contributed by atoms with Crippen molar-refractivity contribution in [3.8, 4) is 0 Å². The van der Waals surface area contributed by atoms with Crippen molar-refractivity contribution >= 4 is 23.3 Å². The molecule has 0 aliphatic heterocycles. The molecule has 1 heterocycles. The minimum Gasteiger partial charge on any atom is -0.383 e. The van der Waals surface area contributed by atoms with E-state index in [1.54, 1.807) is 0 Å². The van der Waals surface area contributed by atoms with Crippen LogP contribution in [0.4, 0.5) is 11.5 Å². The van der Waals surface area contributed by atoms with Gasteiger partial charge in [-0.25, -0.2) is 4.79 Å². The summed E-state index contributed by atoms with van der Waals surface area (Å²) >= 11 is 0. The van der Waals surface area contributed by atoms with Crippen LogP contribution in [0.3, 0.4) is 0 Å². The number of carbonyl (C=O) groups is 2. The van der Waals surface area contributed by atoms with E-state index >= 15 is 0 Å². The normalized spacial score (nSPS) is 11.9. The van der Waals surface area contributed by atoms with Gasteiger partial charge in [0.05, 0.1) is 12.5 Å². The van der Waals surface area contributed by atoms with Crippen molar-refractivity contribution < 1.29 is 9.59 Å². The predicted octanol–water partition coefficient (Wildman–Crippen LogP) is 2.57. The second kappa shape index (κ2) is 12.0. The third-order valence-electron chi connectivity index (χ3n) is 5.41. The summed E-state index contributed by atoms with van der Waals surface area (Å²) in [6.45, 7) is 8.01. The Balaban J connectivity index is 2.49. The van der Waals surface area contributed by atoms with Gasteiger partial charge in [0.1, 0.15) is 5.82 Å². The van der Waals surface area contributed by atoms with Gasteiger partial charge in [0.2, 0.25) is 11.8 Å². The van der Waals surface area contributed by atoms with E-state index in [1.807, 2.05) is 51.1 Å². The number of benzene rings is 1. The van der Waals surface area contributed by atoms with Crippen molar-refractivity contribution in [3.63, 3.8) is 0 Å². The highest BCUT2D eigenvalue weighted by Gasteiger charge is 2.27. The van der Waals surface area contributed by atoms with Crippen LogP contribution in [-0.4, -0.2) is 27.9 Å². The summed E-state index contributed by atoms with van der Waals surface area (Å²) in [4.78, 5) is 54.1. The fourth-order valence-corrected chi connectivity index (χ4v) is 3.59. The zero-order valence-electron chi connectivity index (χ0n) is 19.9. The lowest BCUT2D eigenvalue weighted by Gasteiger charge is -2.27. The van der Waals surface area contributed by atoms with E-state index in [4.69, 9.17) is 5.73 Å². The Labute approximate surface area is 194 Å². The van der Waals surface area contributed by atoms with Crippen molar-refractivity contribution in [3.05, 3.63) is 56.7 Å². The number of nitrogens with two attached hydrogens (primary N) is 1. The average molecular weight is 458 g/mol. The lowest BCUT2D eigenvalue weighted by atomic mass is 10.0. The first-order valence-corrected chi connectivity index (χ1v) is 11.4. The number of anilines is 2. The standard InChI is InChI=1S/C24H35N5O4/c1-5-6-13-29-22(25)21(23(32)27-24(29)33)28(14-12-16(2)3)20(31)15-19(26-17(4)30)18-10-8-7-9-11-18/h7-11,16,19H,5-6,12-15,25H2,1-4H3,(H,26,30)(H,27,32,33). The maximum absolute atomic E-state index is 13.5. The maximum Gasteiger partial charge on any atom is 0.330 e. The number of H-pyrrole nitrogens is 1. The molecule has 0 aliphatic rings. The van der Waals surface area contributed by atoms with E-state index in [1.165, 1.54) is 16.4 Å². The lowest BCUT2D eigenvalue weighted by molar-refractivity contribution is -0.121. The zero-order chi connectivity index (χ0) is 24.5. The number of nitrogen functional groups attached to an aromatic ring is 1. The first-order valence-electron chi connectivity index (χ1n) is 11.4. The molecule has 180 valence electrons. The molecule has 0 aliphatic carbocycles. The number of nitrogens with zero attached hydrogens (tertiary/aromatic N) is 2. The number of carbonyl (C=O) groups excluding carboxylic acids is 2. The van der Waals surface area contributed by atoms with E-state index in [9.17, 15) is 19.2 Å². The number of nitrogens with one attached hydrogen (secondary N) is 2. The molecular formula is C24H35N5O4. The molecule has 2 aromatic rings. The molecule has 9 nitrogen and oxygen atoms in total. The molecule has 1 aromatic carbocycles. The number of rotatable bonds is 11. The molecule has 1 unspecified atom stereocenters. The molecule has 1 atom stereocenters. The van der Waals surface area contributed by atoms with E-state index in [0.717, 1.165) is 12.0 Å². The first kappa shape index (κ1) is 25.9. The van der Waals surface area contributed by atoms with Crippen LogP contribution >= 0.6 is 0 Å². The summed E-state index contributed by atoms with van der Waals surface area (Å²) in [7, 11) is 0. The second-order valence-corrected chi connectivity index (χ2v) is 8.59. The van der Waals surface area contributed by atoms with Crippen LogP contribution in [0.15, 0.2) is 39.9 Å². The molecule has 2 rings (SSSR count). The largest absolute Gasteiger partial charge is 0.383 e. The monoisotopic (exact) mass is 457 g/mol. The highest BCUT2D eigenvalue weighted by Crippen LogP contribution is 2.23. The summed E-state index contributed by atoms with van der Waals surface area (Å²) in [5.74, 6) is -0.385. The third kappa shape index (κ3) is 7.06. The van der Waals surface area contributed by atoms with E-state index in [0.29, 0.717) is 19.4 Å². The van der Waals surface area contributed by atoms with Gasteiger partial charge in [0.15, 0.2) is 5.69 Å². The van der Waals surface area contributed by atoms with Crippen molar-refractivity contribution in [1.82, 2.24) is 14.9 Å². The highest BCUT2D eigenvalue weighted by molar-refractivity contribution is 5.96. The van der Waals surface area contributed by atoms with Crippen LogP contribution in [-0.2, 0) is 16.1 Å². The Kier molecular flexibility index (Phi) is 9.44. The van der Waals surface area contributed by atoms with Gasteiger partial charge in [-0.1, -0.05) is 57.5 Å². The first-order chi connectivity index (χ1) is 15.6. The van der Waals surface area contributed by atoms with E-state index in [2.05, 4.69) is 10.3 Å². The van der Waals surface area contributed by atoms with Crippen LogP contribution in [0.25, 0.3) is 0 Å². The SMILES string of the molecule is CCCCn1c(N)c(N(CCC(C)C)C(=O)CC(NC(C)=O)c2ccccc2)c(=O)[nH]c1=O.